The largest absolute Gasteiger partial charge is 0.454 e. The third-order valence-corrected chi connectivity index (χ3v) is 4.43. The van der Waals surface area contributed by atoms with Gasteiger partial charge in [0.1, 0.15) is 5.56 Å². The topological polar surface area (TPSA) is 102 Å². The summed E-state index contributed by atoms with van der Waals surface area (Å²) < 4.78 is 5.00. The number of fused-ring (bicyclic) bond motifs is 1. The number of aromatic nitrogens is 1. The summed E-state index contributed by atoms with van der Waals surface area (Å²) in [6, 6.07) is 9.19. The fourth-order valence-electron chi connectivity index (χ4n) is 2.86. The molecule has 7 nitrogen and oxygen atoms in total. The minimum atomic E-state index is -0.980. The van der Waals surface area contributed by atoms with Crippen molar-refractivity contribution < 1.29 is 19.2 Å². The van der Waals surface area contributed by atoms with Crippen molar-refractivity contribution in [2.24, 2.45) is 0 Å². The van der Waals surface area contributed by atoms with E-state index in [4.69, 9.17) is 16.3 Å². The monoisotopic (exact) mass is 386 g/mol. The van der Waals surface area contributed by atoms with Crippen LogP contribution in [0, 0.1) is 10.1 Å². The third kappa shape index (κ3) is 3.68. The Morgan fingerprint density at radius 2 is 2.00 bits per heavy atom. The van der Waals surface area contributed by atoms with Crippen molar-refractivity contribution >= 4 is 39.9 Å². The molecule has 0 atom stereocenters. The van der Waals surface area contributed by atoms with Crippen LogP contribution in [0.4, 0.5) is 5.69 Å². The van der Waals surface area contributed by atoms with Gasteiger partial charge in [-0.2, -0.15) is 0 Å². The predicted octanol–water partition coefficient (Wildman–Crippen LogP) is 4.33. The van der Waals surface area contributed by atoms with Crippen LogP contribution in [0.3, 0.4) is 0 Å². The number of halogens is 1. The van der Waals surface area contributed by atoms with Crippen molar-refractivity contribution in [2.75, 3.05) is 6.61 Å². The van der Waals surface area contributed by atoms with Gasteiger partial charge in [-0.05, 0) is 24.1 Å². The highest BCUT2D eigenvalue weighted by atomic mass is 35.5. The highest BCUT2D eigenvalue weighted by molar-refractivity contribution is 6.31. The average molecular weight is 387 g/mol. The number of hydrogen-bond donors (Lipinski definition) is 1. The Morgan fingerprint density at radius 3 is 2.70 bits per heavy atom. The molecule has 0 amide bonds. The fourth-order valence-corrected chi connectivity index (χ4v) is 3.03. The molecule has 1 aromatic heterocycles. The lowest BCUT2D eigenvalue weighted by molar-refractivity contribution is -0.385. The number of H-pyrrole nitrogens is 1. The lowest BCUT2D eigenvalue weighted by atomic mass is 10.1. The highest BCUT2D eigenvalue weighted by Gasteiger charge is 2.23. The first-order chi connectivity index (χ1) is 12.9. The second-order valence-corrected chi connectivity index (χ2v) is 6.25. The molecule has 27 heavy (non-hydrogen) atoms. The molecule has 0 fully saturated rings. The van der Waals surface area contributed by atoms with Crippen molar-refractivity contribution in [1.29, 1.82) is 0 Å². The van der Waals surface area contributed by atoms with Crippen molar-refractivity contribution in [3.05, 3.63) is 74.4 Å². The van der Waals surface area contributed by atoms with Gasteiger partial charge in [-0.15, -0.1) is 0 Å². The van der Waals surface area contributed by atoms with Gasteiger partial charge >= 0.3 is 5.97 Å². The summed E-state index contributed by atoms with van der Waals surface area (Å²) in [6.07, 6.45) is 2.38. The molecule has 0 saturated carbocycles. The maximum atomic E-state index is 12.5. The van der Waals surface area contributed by atoms with Crippen LogP contribution in [-0.4, -0.2) is 28.3 Å². The first kappa shape index (κ1) is 18.6. The zero-order valence-corrected chi connectivity index (χ0v) is 15.1. The van der Waals surface area contributed by atoms with Crippen LogP contribution >= 0.6 is 11.6 Å². The summed E-state index contributed by atoms with van der Waals surface area (Å²) in [7, 11) is 0. The maximum Gasteiger partial charge on any atom is 0.345 e. The third-order valence-electron chi connectivity index (χ3n) is 4.19. The number of ether oxygens (including phenoxy) is 1. The molecule has 1 heterocycles. The van der Waals surface area contributed by atoms with Crippen LogP contribution in [0.25, 0.3) is 10.9 Å². The lowest BCUT2D eigenvalue weighted by Crippen LogP contribution is -2.15. The van der Waals surface area contributed by atoms with Gasteiger partial charge in [-0.1, -0.05) is 36.7 Å². The molecule has 3 rings (SSSR count). The Morgan fingerprint density at radius 1 is 1.22 bits per heavy atom. The molecule has 0 aliphatic carbocycles. The number of carbonyl (C=O) groups is 2. The van der Waals surface area contributed by atoms with Crippen LogP contribution in [0.5, 0.6) is 0 Å². The molecule has 0 saturated heterocycles. The summed E-state index contributed by atoms with van der Waals surface area (Å²) in [5, 5.41) is 11.9. The zero-order chi connectivity index (χ0) is 19.6. The van der Waals surface area contributed by atoms with E-state index in [1.807, 2.05) is 25.1 Å². The number of ketones is 1. The molecule has 0 spiro atoms. The smallest absolute Gasteiger partial charge is 0.345 e. The minimum absolute atomic E-state index is 0.155. The van der Waals surface area contributed by atoms with Gasteiger partial charge in [0.25, 0.3) is 5.69 Å². The molecule has 138 valence electrons. The number of nitro benzene ring substituents is 1. The molecule has 0 radical (unpaired) electrons. The van der Waals surface area contributed by atoms with E-state index in [9.17, 15) is 19.7 Å². The van der Waals surface area contributed by atoms with E-state index in [0.717, 1.165) is 35.0 Å². The quantitative estimate of drug-likeness (QED) is 0.294. The van der Waals surface area contributed by atoms with E-state index in [1.54, 1.807) is 6.20 Å². The number of nitrogens with one attached hydrogen (secondary N) is 1. The summed E-state index contributed by atoms with van der Waals surface area (Å²) >= 11 is 5.80. The standard InChI is InChI=1S/C19H15ClN2O5/c1-2-11-4-3-5-13-15(9-21-18(11)13)17(23)10-27-19(24)14-8-12(20)6-7-16(14)22(25)26/h3-9,21H,2,10H2,1H3. The molecular weight excluding hydrogens is 372 g/mol. The van der Waals surface area contributed by atoms with E-state index in [0.29, 0.717) is 5.56 Å². The van der Waals surface area contributed by atoms with E-state index in [2.05, 4.69) is 4.98 Å². The second-order valence-electron chi connectivity index (χ2n) is 5.81. The number of nitrogens with zero attached hydrogens (tertiary/aromatic N) is 1. The molecule has 0 bridgehead atoms. The minimum Gasteiger partial charge on any atom is -0.454 e. The van der Waals surface area contributed by atoms with E-state index in [-0.39, 0.29) is 10.6 Å². The summed E-state index contributed by atoms with van der Waals surface area (Å²) in [6.45, 7) is 1.47. The number of esters is 1. The van der Waals surface area contributed by atoms with E-state index >= 15 is 0 Å². The maximum absolute atomic E-state index is 12.5. The van der Waals surface area contributed by atoms with Gasteiger partial charge in [-0.25, -0.2) is 4.79 Å². The predicted molar refractivity (Wildman–Crippen MR) is 100 cm³/mol. The zero-order valence-electron chi connectivity index (χ0n) is 14.3. The summed E-state index contributed by atoms with van der Waals surface area (Å²) in [5.74, 6) is -1.39. The van der Waals surface area contributed by atoms with Crippen molar-refractivity contribution in [1.82, 2.24) is 4.98 Å². The van der Waals surface area contributed by atoms with Crippen LogP contribution < -0.4 is 0 Å². The molecule has 0 aliphatic heterocycles. The molecule has 8 heteroatoms. The summed E-state index contributed by atoms with van der Waals surface area (Å²) in [5.41, 5.74) is 1.59. The number of benzene rings is 2. The number of aromatic amines is 1. The first-order valence-electron chi connectivity index (χ1n) is 8.15. The number of rotatable bonds is 6. The van der Waals surface area contributed by atoms with E-state index in [1.165, 1.54) is 6.07 Å². The number of para-hydroxylation sites is 1. The molecule has 3 aromatic rings. The number of nitro groups is 1. The van der Waals surface area contributed by atoms with Gasteiger partial charge in [0.05, 0.1) is 4.92 Å². The molecule has 2 aromatic carbocycles. The molecule has 1 N–H and O–H groups in total. The Balaban J connectivity index is 1.80. The molecular formula is C19H15ClN2O5. The van der Waals surface area contributed by atoms with Crippen LogP contribution in [-0.2, 0) is 11.2 Å². The van der Waals surface area contributed by atoms with Gasteiger partial charge in [0.15, 0.2) is 6.61 Å². The first-order valence-corrected chi connectivity index (χ1v) is 8.53. The van der Waals surface area contributed by atoms with Crippen LogP contribution in [0.2, 0.25) is 5.02 Å². The Labute approximate surface area is 159 Å². The Kier molecular flexibility index (Phi) is 5.23. The highest BCUT2D eigenvalue weighted by Crippen LogP contribution is 2.25. The normalized spacial score (nSPS) is 10.7. The SMILES string of the molecule is CCc1cccc2c(C(=O)COC(=O)c3cc(Cl)ccc3[N+](=O)[O-])c[nH]c12. The molecule has 0 aliphatic rings. The van der Waals surface area contributed by atoms with Gasteiger partial charge < -0.3 is 9.72 Å². The second kappa shape index (κ2) is 7.59. The fraction of sp³-hybridized carbons (Fsp3) is 0.158. The number of carbonyl (C=O) groups excluding carboxylic acids is 2. The van der Waals surface area contributed by atoms with Crippen molar-refractivity contribution in [2.45, 2.75) is 13.3 Å². The molecule has 0 unspecified atom stereocenters. The summed E-state index contributed by atoms with van der Waals surface area (Å²) in [4.78, 5) is 38.1. The number of aryl methyl sites for hydroxylation is 1. The Bertz CT molecular complexity index is 1060. The van der Waals surface area contributed by atoms with Crippen LogP contribution in [0.1, 0.15) is 33.2 Å². The Hall–Kier alpha value is -3.19. The number of hydrogen-bond acceptors (Lipinski definition) is 5. The number of Topliss-reactive ketones (excluding diaryl/α,β-unsaturated/α-hetero) is 1. The van der Waals surface area contributed by atoms with Gasteiger partial charge in [-0.3, -0.25) is 14.9 Å². The average Bonchev–Trinajstić information content (AvgIpc) is 3.09. The van der Waals surface area contributed by atoms with E-state index < -0.39 is 29.0 Å². The van der Waals surface area contributed by atoms with Gasteiger partial charge in [0.2, 0.25) is 5.78 Å². The van der Waals surface area contributed by atoms with Crippen LogP contribution in [0.15, 0.2) is 42.6 Å². The van der Waals surface area contributed by atoms with Crippen molar-refractivity contribution in [3.63, 3.8) is 0 Å². The van der Waals surface area contributed by atoms with Crippen molar-refractivity contribution in [3.8, 4) is 0 Å². The van der Waals surface area contributed by atoms with Gasteiger partial charge in [0, 0.05) is 33.8 Å². The lowest BCUT2D eigenvalue weighted by Gasteiger charge is -2.05.